The van der Waals surface area contributed by atoms with Gasteiger partial charge in [-0.15, -0.1) is 0 Å². The minimum absolute atomic E-state index is 0.0711. The van der Waals surface area contributed by atoms with Crippen LogP contribution in [0.15, 0.2) is 18.2 Å². The lowest BCUT2D eigenvalue weighted by Gasteiger charge is -2.47. The molecule has 0 radical (unpaired) electrons. The minimum atomic E-state index is -4.43. The zero-order valence-electron chi connectivity index (χ0n) is 13.9. The lowest BCUT2D eigenvalue weighted by atomic mass is 9.68. The number of hydrogen-bond donors (Lipinski definition) is 1. The van der Waals surface area contributed by atoms with Crippen molar-refractivity contribution in [1.29, 1.82) is 0 Å². The van der Waals surface area contributed by atoms with E-state index < -0.39 is 23.4 Å². The Balaban J connectivity index is 1.95. The summed E-state index contributed by atoms with van der Waals surface area (Å²) in [5, 5.41) is 10.9. The van der Waals surface area contributed by atoms with Crippen LogP contribution < -0.4 is 0 Å². The molecule has 0 spiro atoms. The van der Waals surface area contributed by atoms with Crippen molar-refractivity contribution < 1.29 is 32.5 Å². The molecule has 0 aromatic heterocycles. The van der Waals surface area contributed by atoms with Crippen LogP contribution in [0.25, 0.3) is 0 Å². The number of aliphatic hydroxyl groups is 1. The van der Waals surface area contributed by atoms with E-state index in [4.69, 9.17) is 9.47 Å². The fraction of sp³-hybridized carbons (Fsp3) is 0.611. The average Bonchev–Trinajstić information content (AvgIpc) is 2.53. The Kier molecular flexibility index (Phi) is 4.81. The van der Waals surface area contributed by atoms with Gasteiger partial charge in [-0.25, -0.2) is 0 Å². The number of rotatable bonds is 3. The number of benzene rings is 1. The maximum Gasteiger partial charge on any atom is 0.416 e. The Hall–Kier alpha value is -1.60. The standard InChI is InChI=1S/C18H21F3O4/c1-2-24-15(22)9-11-4-3-7-17(23)16(11)14-6-5-13(18(19,20)21)8-12(14)10-25-17/h5-6,8,11,16,23H,2-4,7,9-10H2,1H3/t11-,16+,17?/m1/s1. The van der Waals surface area contributed by atoms with Crippen molar-refractivity contribution in [3.63, 3.8) is 0 Å². The van der Waals surface area contributed by atoms with E-state index in [9.17, 15) is 23.1 Å². The fourth-order valence-electron chi connectivity index (χ4n) is 4.03. The van der Waals surface area contributed by atoms with Gasteiger partial charge in [-0.1, -0.05) is 6.07 Å². The summed E-state index contributed by atoms with van der Waals surface area (Å²) in [5.41, 5.74) is 0.314. The summed E-state index contributed by atoms with van der Waals surface area (Å²) in [5.74, 6) is -2.57. The van der Waals surface area contributed by atoms with E-state index in [-0.39, 0.29) is 31.5 Å². The molecule has 1 saturated carbocycles. The highest BCUT2D eigenvalue weighted by Gasteiger charge is 2.50. The smallest absolute Gasteiger partial charge is 0.416 e. The molecule has 1 aromatic carbocycles. The SMILES string of the molecule is CCOC(=O)C[C@H]1CCCC2(O)OCc3cc(C(F)(F)F)ccc3[C@H]12. The van der Waals surface area contributed by atoms with Crippen molar-refractivity contribution >= 4 is 5.97 Å². The van der Waals surface area contributed by atoms with Gasteiger partial charge in [0, 0.05) is 18.8 Å². The van der Waals surface area contributed by atoms with Crippen LogP contribution in [-0.4, -0.2) is 23.5 Å². The van der Waals surface area contributed by atoms with E-state index >= 15 is 0 Å². The van der Waals surface area contributed by atoms with Gasteiger partial charge in [-0.3, -0.25) is 4.79 Å². The maximum absolute atomic E-state index is 12.9. The first kappa shape index (κ1) is 18.2. The Morgan fingerprint density at radius 3 is 2.88 bits per heavy atom. The number of halogens is 3. The van der Waals surface area contributed by atoms with E-state index in [0.29, 0.717) is 30.4 Å². The monoisotopic (exact) mass is 358 g/mol. The summed E-state index contributed by atoms with van der Waals surface area (Å²) in [6.07, 6.45) is -2.54. The summed E-state index contributed by atoms with van der Waals surface area (Å²) in [4.78, 5) is 11.9. The summed E-state index contributed by atoms with van der Waals surface area (Å²) in [6, 6.07) is 3.52. The third-order valence-corrected chi connectivity index (χ3v) is 5.08. The van der Waals surface area contributed by atoms with Crippen LogP contribution in [0.4, 0.5) is 13.2 Å². The highest BCUT2D eigenvalue weighted by molar-refractivity contribution is 5.70. The van der Waals surface area contributed by atoms with E-state index in [1.54, 1.807) is 6.92 Å². The van der Waals surface area contributed by atoms with Crippen LogP contribution in [0.1, 0.15) is 55.2 Å². The lowest BCUT2D eigenvalue weighted by molar-refractivity contribution is -0.257. The molecule has 3 rings (SSSR count). The molecule has 1 aliphatic carbocycles. The van der Waals surface area contributed by atoms with Gasteiger partial charge in [-0.2, -0.15) is 13.2 Å². The molecule has 138 valence electrons. The summed E-state index contributed by atoms with van der Waals surface area (Å²) >= 11 is 0. The topological polar surface area (TPSA) is 55.8 Å². The van der Waals surface area contributed by atoms with Crippen LogP contribution in [0, 0.1) is 5.92 Å². The Morgan fingerprint density at radius 2 is 2.20 bits per heavy atom. The Bertz CT molecular complexity index is 658. The van der Waals surface area contributed by atoms with E-state index in [2.05, 4.69) is 0 Å². The summed E-state index contributed by atoms with van der Waals surface area (Å²) in [7, 11) is 0. The van der Waals surface area contributed by atoms with E-state index in [1.807, 2.05) is 0 Å². The van der Waals surface area contributed by atoms with Crippen molar-refractivity contribution in [2.24, 2.45) is 5.92 Å². The molecule has 1 fully saturated rings. The van der Waals surface area contributed by atoms with Crippen molar-refractivity contribution in [3.05, 3.63) is 34.9 Å². The lowest BCUT2D eigenvalue weighted by Crippen LogP contribution is -2.49. The van der Waals surface area contributed by atoms with Crippen molar-refractivity contribution in [2.75, 3.05) is 6.61 Å². The van der Waals surface area contributed by atoms with Gasteiger partial charge in [0.25, 0.3) is 0 Å². The van der Waals surface area contributed by atoms with Crippen LogP contribution >= 0.6 is 0 Å². The highest BCUT2D eigenvalue weighted by atomic mass is 19.4. The zero-order chi connectivity index (χ0) is 18.2. The number of esters is 1. The van der Waals surface area contributed by atoms with Crippen molar-refractivity contribution in [3.8, 4) is 0 Å². The molecule has 1 aromatic rings. The predicted octanol–water partition coefficient (Wildman–Crippen LogP) is 3.76. The molecule has 7 heteroatoms. The zero-order valence-corrected chi connectivity index (χ0v) is 13.9. The molecule has 1 heterocycles. The van der Waals surface area contributed by atoms with Gasteiger partial charge in [0.2, 0.25) is 0 Å². The number of fused-ring (bicyclic) bond motifs is 3. The highest BCUT2D eigenvalue weighted by Crippen LogP contribution is 2.51. The molecule has 3 atom stereocenters. The van der Waals surface area contributed by atoms with Gasteiger partial charge in [0.15, 0.2) is 5.79 Å². The fourth-order valence-corrected chi connectivity index (χ4v) is 4.03. The van der Waals surface area contributed by atoms with Crippen LogP contribution in [0.3, 0.4) is 0 Å². The molecule has 1 N–H and O–H groups in total. The maximum atomic E-state index is 12.9. The second-order valence-corrected chi connectivity index (χ2v) is 6.68. The van der Waals surface area contributed by atoms with Gasteiger partial charge in [0.1, 0.15) is 0 Å². The molecule has 25 heavy (non-hydrogen) atoms. The first-order valence-electron chi connectivity index (χ1n) is 8.46. The average molecular weight is 358 g/mol. The Labute approximate surface area is 143 Å². The molecule has 1 unspecified atom stereocenters. The second-order valence-electron chi connectivity index (χ2n) is 6.68. The molecular formula is C18H21F3O4. The molecule has 0 amide bonds. The predicted molar refractivity (Wildman–Crippen MR) is 82.5 cm³/mol. The molecule has 4 nitrogen and oxygen atoms in total. The van der Waals surface area contributed by atoms with E-state index in [1.165, 1.54) is 6.07 Å². The van der Waals surface area contributed by atoms with Gasteiger partial charge in [-0.05, 0) is 48.9 Å². The molecule has 2 aliphatic rings. The first-order chi connectivity index (χ1) is 11.7. The minimum Gasteiger partial charge on any atom is -0.466 e. The van der Waals surface area contributed by atoms with Crippen LogP contribution in [0.5, 0.6) is 0 Å². The summed E-state index contributed by atoms with van der Waals surface area (Å²) < 4.78 is 49.4. The number of hydrogen-bond acceptors (Lipinski definition) is 4. The van der Waals surface area contributed by atoms with Crippen LogP contribution in [0.2, 0.25) is 0 Å². The number of carbonyl (C=O) groups is 1. The normalized spacial score (nSPS) is 28.8. The van der Waals surface area contributed by atoms with Crippen molar-refractivity contribution in [1.82, 2.24) is 0 Å². The first-order valence-corrected chi connectivity index (χ1v) is 8.46. The molecule has 0 bridgehead atoms. The number of ether oxygens (including phenoxy) is 2. The largest absolute Gasteiger partial charge is 0.466 e. The van der Waals surface area contributed by atoms with Crippen LogP contribution in [-0.2, 0) is 27.1 Å². The van der Waals surface area contributed by atoms with Gasteiger partial charge in [0.05, 0.1) is 18.8 Å². The van der Waals surface area contributed by atoms with Crippen molar-refractivity contribution in [2.45, 2.75) is 57.1 Å². The third kappa shape index (κ3) is 3.53. The number of carbonyl (C=O) groups excluding carboxylic acids is 1. The quantitative estimate of drug-likeness (QED) is 0.836. The third-order valence-electron chi connectivity index (χ3n) is 5.08. The van der Waals surface area contributed by atoms with Gasteiger partial charge >= 0.3 is 12.1 Å². The number of alkyl halides is 3. The molecular weight excluding hydrogens is 337 g/mol. The Morgan fingerprint density at radius 1 is 1.44 bits per heavy atom. The van der Waals surface area contributed by atoms with Gasteiger partial charge < -0.3 is 14.6 Å². The molecule has 0 saturated heterocycles. The summed E-state index contributed by atoms with van der Waals surface area (Å²) in [6.45, 7) is 1.91. The second kappa shape index (κ2) is 6.61. The van der Waals surface area contributed by atoms with E-state index in [0.717, 1.165) is 12.1 Å². The molecule has 1 aliphatic heterocycles.